The summed E-state index contributed by atoms with van der Waals surface area (Å²) in [4.78, 5) is 14.6. The van der Waals surface area contributed by atoms with E-state index in [2.05, 4.69) is 4.98 Å². The number of hydrogen-bond acceptors (Lipinski definition) is 5. The molecule has 1 aromatic heterocycles. The molecule has 5 nitrogen and oxygen atoms in total. The number of hydrogen-bond donors (Lipinski definition) is 1. The first-order valence-electron chi connectivity index (χ1n) is 3.96. The lowest BCUT2D eigenvalue weighted by atomic mass is 10.5. The van der Waals surface area contributed by atoms with Gasteiger partial charge in [-0.25, -0.2) is 9.18 Å². The summed E-state index contributed by atoms with van der Waals surface area (Å²) in [6.07, 6.45) is 1.02. The average Bonchev–Trinajstić information content (AvgIpc) is 2.64. The third kappa shape index (κ3) is 1.60. The maximum absolute atomic E-state index is 13.0. The van der Waals surface area contributed by atoms with Crippen LogP contribution in [0.1, 0.15) is 5.56 Å². The van der Waals surface area contributed by atoms with Crippen molar-refractivity contribution >= 4 is 17.6 Å². The number of halogens is 1. The third-order valence-electron chi connectivity index (χ3n) is 1.77. The van der Waals surface area contributed by atoms with Gasteiger partial charge in [-0.3, -0.25) is 4.57 Å². The van der Waals surface area contributed by atoms with E-state index in [0.717, 1.165) is 16.5 Å². The van der Waals surface area contributed by atoms with Crippen molar-refractivity contribution in [1.82, 2.24) is 9.55 Å². The topological polar surface area (TPSA) is 70.1 Å². The minimum absolute atomic E-state index is 0.380. The summed E-state index contributed by atoms with van der Waals surface area (Å²) in [5.74, 6) is -0.307. The van der Waals surface area contributed by atoms with Crippen LogP contribution in [0, 0.1) is 5.82 Å². The second-order valence-electron chi connectivity index (χ2n) is 2.71. The molecule has 1 unspecified atom stereocenters. The van der Waals surface area contributed by atoms with Crippen LogP contribution < -0.4 is 11.4 Å². The molecule has 0 saturated carbocycles. The summed E-state index contributed by atoms with van der Waals surface area (Å²) in [6.45, 7) is 0.549. The Kier molecular flexibility index (Phi) is 2.42. The van der Waals surface area contributed by atoms with E-state index in [0.29, 0.717) is 6.61 Å². The van der Waals surface area contributed by atoms with Crippen molar-refractivity contribution in [2.75, 3.05) is 18.1 Å². The average molecular weight is 217 g/mol. The first-order valence-corrected chi connectivity index (χ1v) is 5.01. The highest BCUT2D eigenvalue weighted by molar-refractivity contribution is 7.99. The van der Waals surface area contributed by atoms with Crippen LogP contribution in [-0.2, 0) is 4.74 Å². The molecule has 2 N–H and O–H groups in total. The van der Waals surface area contributed by atoms with Crippen LogP contribution in [0.4, 0.5) is 10.2 Å². The Labute approximate surface area is 83.1 Å². The molecule has 14 heavy (non-hydrogen) atoms. The minimum atomic E-state index is -0.708. The molecule has 0 aromatic carbocycles. The van der Waals surface area contributed by atoms with E-state index in [-0.39, 0.29) is 5.82 Å². The normalized spacial score (nSPS) is 21.4. The molecule has 0 amide bonds. The first kappa shape index (κ1) is 9.47. The second-order valence-corrected chi connectivity index (χ2v) is 3.86. The van der Waals surface area contributed by atoms with E-state index in [1.54, 1.807) is 0 Å². The zero-order valence-electron chi connectivity index (χ0n) is 7.14. The SMILES string of the molecule is Nc1nc(=O)n(C2OCCS2)cc1F. The maximum atomic E-state index is 13.0. The van der Waals surface area contributed by atoms with Gasteiger partial charge < -0.3 is 10.5 Å². The number of anilines is 1. The van der Waals surface area contributed by atoms with Gasteiger partial charge in [-0.2, -0.15) is 4.98 Å². The van der Waals surface area contributed by atoms with Gasteiger partial charge in [0, 0.05) is 5.75 Å². The van der Waals surface area contributed by atoms with Gasteiger partial charge in [-0.1, -0.05) is 0 Å². The molecule has 0 aliphatic carbocycles. The first-order chi connectivity index (χ1) is 6.68. The molecular weight excluding hydrogens is 209 g/mol. The zero-order valence-corrected chi connectivity index (χ0v) is 7.96. The summed E-state index contributed by atoms with van der Waals surface area (Å²) in [5.41, 5.74) is 4.07. The Morgan fingerprint density at radius 2 is 2.57 bits per heavy atom. The molecule has 0 bridgehead atoms. The van der Waals surface area contributed by atoms with Gasteiger partial charge in [0.05, 0.1) is 12.8 Å². The number of nitrogens with zero attached hydrogens (tertiary/aromatic N) is 2. The predicted octanol–water partition coefficient (Wildman–Crippen LogP) is 0.184. The Hall–Kier alpha value is -1.08. The molecule has 1 aliphatic rings. The highest BCUT2D eigenvalue weighted by atomic mass is 32.2. The molecule has 1 atom stereocenters. The summed E-state index contributed by atoms with van der Waals surface area (Å²) in [5, 5.41) is 0. The standard InChI is InChI=1S/C7H8FN3O2S/c8-4-3-11(6(12)10-5(4)9)7-13-1-2-14-7/h3,7H,1-2H2,(H2,9,10,12). The molecule has 1 aliphatic heterocycles. The van der Waals surface area contributed by atoms with Gasteiger partial charge >= 0.3 is 5.69 Å². The van der Waals surface area contributed by atoms with Crippen LogP contribution in [0.2, 0.25) is 0 Å². The Morgan fingerprint density at radius 1 is 1.79 bits per heavy atom. The number of rotatable bonds is 1. The molecule has 7 heteroatoms. The van der Waals surface area contributed by atoms with Crippen molar-refractivity contribution in [1.29, 1.82) is 0 Å². The van der Waals surface area contributed by atoms with Crippen molar-refractivity contribution in [3.8, 4) is 0 Å². The van der Waals surface area contributed by atoms with Gasteiger partial charge in [-0.05, 0) is 0 Å². The lowest BCUT2D eigenvalue weighted by molar-refractivity contribution is 0.0925. The number of nitrogen functional groups attached to an aromatic ring is 1. The van der Waals surface area contributed by atoms with E-state index < -0.39 is 17.1 Å². The fourth-order valence-electron chi connectivity index (χ4n) is 1.12. The highest BCUT2D eigenvalue weighted by Crippen LogP contribution is 2.28. The largest absolute Gasteiger partial charge is 0.381 e. The molecule has 76 valence electrons. The fourth-order valence-corrected chi connectivity index (χ4v) is 2.01. The van der Waals surface area contributed by atoms with Crippen molar-refractivity contribution in [3.05, 3.63) is 22.5 Å². The van der Waals surface area contributed by atoms with Crippen LogP contribution in [-0.4, -0.2) is 21.9 Å². The van der Waals surface area contributed by atoms with Crippen LogP contribution in [0.15, 0.2) is 11.0 Å². The van der Waals surface area contributed by atoms with Crippen LogP contribution in [0.3, 0.4) is 0 Å². The minimum Gasteiger partial charge on any atom is -0.381 e. The van der Waals surface area contributed by atoms with Gasteiger partial charge in [0.1, 0.15) is 0 Å². The number of aromatic nitrogens is 2. The van der Waals surface area contributed by atoms with Crippen molar-refractivity contribution in [3.63, 3.8) is 0 Å². The van der Waals surface area contributed by atoms with Gasteiger partial charge in [0.15, 0.2) is 17.2 Å². The van der Waals surface area contributed by atoms with E-state index in [9.17, 15) is 9.18 Å². The van der Waals surface area contributed by atoms with Crippen molar-refractivity contribution in [2.24, 2.45) is 0 Å². The van der Waals surface area contributed by atoms with Crippen molar-refractivity contribution in [2.45, 2.75) is 5.56 Å². The molecule has 1 saturated heterocycles. The van der Waals surface area contributed by atoms with Gasteiger partial charge in [-0.15, -0.1) is 11.8 Å². The van der Waals surface area contributed by atoms with Crippen LogP contribution in [0.25, 0.3) is 0 Å². The van der Waals surface area contributed by atoms with Gasteiger partial charge in [0.2, 0.25) is 0 Å². The molecule has 1 aromatic rings. The molecule has 1 fully saturated rings. The van der Waals surface area contributed by atoms with Crippen LogP contribution >= 0.6 is 11.8 Å². The summed E-state index contributed by atoms with van der Waals surface area (Å²) in [7, 11) is 0. The van der Waals surface area contributed by atoms with Crippen LogP contribution in [0.5, 0.6) is 0 Å². The molecule has 2 rings (SSSR count). The Balaban J connectivity index is 2.42. The van der Waals surface area contributed by atoms with E-state index in [1.165, 1.54) is 11.8 Å². The monoisotopic (exact) mass is 217 g/mol. The molecule has 2 heterocycles. The van der Waals surface area contributed by atoms with Crippen molar-refractivity contribution < 1.29 is 9.13 Å². The molecule has 0 radical (unpaired) electrons. The third-order valence-corrected chi connectivity index (χ3v) is 2.82. The molecule has 0 spiro atoms. The quantitative estimate of drug-likeness (QED) is 0.726. The summed E-state index contributed by atoms with van der Waals surface area (Å²) < 4.78 is 19.3. The fraction of sp³-hybridized carbons (Fsp3) is 0.429. The number of ether oxygens (including phenoxy) is 1. The highest BCUT2D eigenvalue weighted by Gasteiger charge is 2.20. The maximum Gasteiger partial charge on any atom is 0.352 e. The Bertz CT molecular complexity index is 402. The summed E-state index contributed by atoms with van der Waals surface area (Å²) in [6, 6.07) is 0. The van der Waals surface area contributed by atoms with E-state index >= 15 is 0 Å². The zero-order chi connectivity index (χ0) is 10.1. The second kappa shape index (κ2) is 3.58. The Morgan fingerprint density at radius 3 is 3.21 bits per heavy atom. The lowest BCUT2D eigenvalue weighted by Crippen LogP contribution is -2.27. The van der Waals surface area contributed by atoms with Gasteiger partial charge in [0.25, 0.3) is 0 Å². The lowest BCUT2D eigenvalue weighted by Gasteiger charge is -2.11. The summed E-state index contributed by atoms with van der Waals surface area (Å²) >= 11 is 1.42. The van der Waals surface area contributed by atoms with E-state index in [1.807, 2.05) is 0 Å². The smallest absolute Gasteiger partial charge is 0.352 e. The molecular formula is C7H8FN3O2S. The number of nitrogens with two attached hydrogens (primary N) is 1. The van der Waals surface area contributed by atoms with E-state index in [4.69, 9.17) is 10.5 Å². The predicted molar refractivity (Wildman–Crippen MR) is 50.3 cm³/mol. The number of thioether (sulfide) groups is 1.